The van der Waals surface area contributed by atoms with Crippen molar-refractivity contribution in [3.05, 3.63) is 16.6 Å². The minimum Gasteiger partial charge on any atom is -0.480 e. The maximum absolute atomic E-state index is 11.9. The number of rotatable bonds is 6. The molecule has 1 aromatic heterocycles. The van der Waals surface area contributed by atoms with Gasteiger partial charge in [0.2, 0.25) is 0 Å². The van der Waals surface area contributed by atoms with E-state index in [9.17, 15) is 9.59 Å². The Kier molecular flexibility index (Phi) is 5.57. The molecule has 0 bridgehead atoms. The molecule has 1 unspecified atom stereocenters. The number of hydrogen-bond acceptors (Lipinski definition) is 4. The first-order valence-electron chi connectivity index (χ1n) is 5.69. The predicted octanol–water partition coefficient (Wildman–Crippen LogP) is 1.54. The SMILES string of the molecule is CCC(C)N(CC(=O)O)C(=O)NCc1nccs1. The molecular formula is C11H17N3O3S. The molecule has 1 heterocycles. The van der Waals surface area contributed by atoms with Crippen LogP contribution in [0.3, 0.4) is 0 Å². The second-order valence-electron chi connectivity index (χ2n) is 3.86. The van der Waals surface area contributed by atoms with Crippen molar-refractivity contribution in [2.24, 2.45) is 0 Å². The third-order valence-electron chi connectivity index (χ3n) is 2.56. The number of urea groups is 1. The third-order valence-corrected chi connectivity index (χ3v) is 3.34. The van der Waals surface area contributed by atoms with Crippen LogP contribution in [0.1, 0.15) is 25.3 Å². The molecule has 6 nitrogen and oxygen atoms in total. The zero-order valence-corrected chi connectivity index (χ0v) is 11.2. The number of aromatic nitrogens is 1. The van der Waals surface area contributed by atoms with E-state index >= 15 is 0 Å². The van der Waals surface area contributed by atoms with E-state index in [0.717, 1.165) is 5.01 Å². The van der Waals surface area contributed by atoms with Crippen LogP contribution in [0.2, 0.25) is 0 Å². The van der Waals surface area contributed by atoms with E-state index in [0.29, 0.717) is 13.0 Å². The van der Waals surface area contributed by atoms with Crippen LogP contribution < -0.4 is 5.32 Å². The second kappa shape index (κ2) is 6.95. The van der Waals surface area contributed by atoms with E-state index in [-0.39, 0.29) is 18.6 Å². The van der Waals surface area contributed by atoms with E-state index in [4.69, 9.17) is 5.11 Å². The van der Waals surface area contributed by atoms with E-state index in [2.05, 4.69) is 10.3 Å². The van der Waals surface area contributed by atoms with Crippen molar-refractivity contribution in [2.45, 2.75) is 32.9 Å². The van der Waals surface area contributed by atoms with Gasteiger partial charge in [0, 0.05) is 17.6 Å². The largest absolute Gasteiger partial charge is 0.480 e. The molecule has 1 atom stereocenters. The Morgan fingerprint density at radius 3 is 2.83 bits per heavy atom. The summed E-state index contributed by atoms with van der Waals surface area (Å²) in [5, 5.41) is 14.1. The predicted molar refractivity (Wildman–Crippen MR) is 68.4 cm³/mol. The molecule has 0 radical (unpaired) electrons. The number of carboxylic acids is 1. The number of carbonyl (C=O) groups is 2. The Morgan fingerprint density at radius 2 is 2.33 bits per heavy atom. The minimum absolute atomic E-state index is 0.114. The van der Waals surface area contributed by atoms with Crippen LogP contribution >= 0.6 is 11.3 Å². The molecule has 1 aromatic rings. The van der Waals surface area contributed by atoms with Gasteiger partial charge in [-0.1, -0.05) is 6.92 Å². The van der Waals surface area contributed by atoms with Gasteiger partial charge in [-0.2, -0.15) is 0 Å². The summed E-state index contributed by atoms with van der Waals surface area (Å²) in [4.78, 5) is 28.0. The van der Waals surface area contributed by atoms with Gasteiger partial charge < -0.3 is 15.3 Å². The number of nitrogens with zero attached hydrogens (tertiary/aromatic N) is 2. The highest BCUT2D eigenvalue weighted by atomic mass is 32.1. The fraction of sp³-hybridized carbons (Fsp3) is 0.545. The molecule has 7 heteroatoms. The summed E-state index contributed by atoms with van der Waals surface area (Å²) in [7, 11) is 0. The van der Waals surface area contributed by atoms with Crippen LogP contribution in [-0.2, 0) is 11.3 Å². The monoisotopic (exact) mass is 271 g/mol. The maximum atomic E-state index is 11.9. The average Bonchev–Trinajstić information content (AvgIpc) is 2.85. The standard InChI is InChI=1S/C11H17N3O3S/c1-3-8(2)14(7-10(15)16)11(17)13-6-9-12-4-5-18-9/h4-5,8H,3,6-7H2,1-2H3,(H,13,17)(H,15,16). The number of amides is 2. The van der Waals surface area contributed by atoms with Crippen molar-refractivity contribution in [3.63, 3.8) is 0 Å². The smallest absolute Gasteiger partial charge is 0.323 e. The molecule has 0 spiro atoms. The quantitative estimate of drug-likeness (QED) is 0.822. The Bertz CT molecular complexity index is 394. The molecule has 0 aliphatic rings. The van der Waals surface area contributed by atoms with Gasteiger partial charge in [0.15, 0.2) is 0 Å². The van der Waals surface area contributed by atoms with Gasteiger partial charge in [-0.25, -0.2) is 9.78 Å². The van der Waals surface area contributed by atoms with Gasteiger partial charge in [0.25, 0.3) is 0 Å². The highest BCUT2D eigenvalue weighted by molar-refractivity contribution is 7.09. The fourth-order valence-corrected chi connectivity index (χ4v) is 1.94. The minimum atomic E-state index is -1.01. The summed E-state index contributed by atoms with van der Waals surface area (Å²) in [6.45, 7) is 3.77. The van der Waals surface area contributed by atoms with Gasteiger partial charge in [-0.05, 0) is 13.3 Å². The van der Waals surface area contributed by atoms with Crippen LogP contribution in [0.25, 0.3) is 0 Å². The van der Waals surface area contributed by atoms with E-state index in [1.165, 1.54) is 16.2 Å². The molecular weight excluding hydrogens is 254 g/mol. The van der Waals surface area contributed by atoms with Crippen LogP contribution in [0.15, 0.2) is 11.6 Å². The van der Waals surface area contributed by atoms with Crippen molar-refractivity contribution in [2.75, 3.05) is 6.54 Å². The molecule has 2 amide bonds. The molecule has 2 N–H and O–H groups in total. The number of aliphatic carboxylic acids is 1. The zero-order valence-electron chi connectivity index (χ0n) is 10.4. The van der Waals surface area contributed by atoms with Crippen molar-refractivity contribution < 1.29 is 14.7 Å². The van der Waals surface area contributed by atoms with Crippen LogP contribution in [0, 0.1) is 0 Å². The first-order chi connectivity index (χ1) is 8.54. The number of thiazole rings is 1. The molecule has 0 fully saturated rings. The highest BCUT2D eigenvalue weighted by Crippen LogP contribution is 2.06. The third kappa shape index (κ3) is 4.33. The summed E-state index contributed by atoms with van der Waals surface area (Å²) >= 11 is 1.44. The number of carboxylic acid groups (broad SMARTS) is 1. The van der Waals surface area contributed by atoms with Crippen LogP contribution in [-0.4, -0.2) is 39.6 Å². The summed E-state index contributed by atoms with van der Waals surface area (Å²) in [6, 6.07) is -0.487. The number of hydrogen-bond donors (Lipinski definition) is 2. The molecule has 0 aromatic carbocycles. The summed E-state index contributed by atoms with van der Waals surface area (Å²) in [5.41, 5.74) is 0. The Morgan fingerprint density at radius 1 is 1.61 bits per heavy atom. The van der Waals surface area contributed by atoms with Crippen molar-refractivity contribution in [1.29, 1.82) is 0 Å². The molecule has 100 valence electrons. The fourth-order valence-electron chi connectivity index (χ4n) is 1.39. The van der Waals surface area contributed by atoms with Crippen molar-refractivity contribution in [3.8, 4) is 0 Å². The lowest BCUT2D eigenvalue weighted by Gasteiger charge is -2.26. The van der Waals surface area contributed by atoms with Gasteiger partial charge in [-0.15, -0.1) is 11.3 Å². The molecule has 0 saturated heterocycles. The molecule has 0 aliphatic carbocycles. The highest BCUT2D eigenvalue weighted by Gasteiger charge is 2.21. The number of carbonyl (C=O) groups excluding carboxylic acids is 1. The number of nitrogens with one attached hydrogen (secondary N) is 1. The molecule has 0 saturated carbocycles. The molecule has 18 heavy (non-hydrogen) atoms. The lowest BCUT2D eigenvalue weighted by molar-refractivity contribution is -0.138. The van der Waals surface area contributed by atoms with Gasteiger partial charge in [0.05, 0.1) is 6.54 Å². The normalized spacial score (nSPS) is 11.9. The Balaban J connectivity index is 2.55. The van der Waals surface area contributed by atoms with E-state index in [1.54, 1.807) is 6.20 Å². The lowest BCUT2D eigenvalue weighted by atomic mass is 10.2. The van der Waals surface area contributed by atoms with Crippen molar-refractivity contribution in [1.82, 2.24) is 15.2 Å². The average molecular weight is 271 g/mol. The Hall–Kier alpha value is -1.63. The Labute approximate surface area is 110 Å². The van der Waals surface area contributed by atoms with E-state index < -0.39 is 5.97 Å². The van der Waals surface area contributed by atoms with Crippen LogP contribution in [0.5, 0.6) is 0 Å². The molecule has 1 rings (SSSR count). The summed E-state index contributed by atoms with van der Waals surface area (Å²) in [6.07, 6.45) is 2.37. The second-order valence-corrected chi connectivity index (χ2v) is 4.84. The first-order valence-corrected chi connectivity index (χ1v) is 6.57. The van der Waals surface area contributed by atoms with E-state index in [1.807, 2.05) is 19.2 Å². The van der Waals surface area contributed by atoms with Crippen molar-refractivity contribution >= 4 is 23.3 Å². The zero-order chi connectivity index (χ0) is 13.5. The van der Waals surface area contributed by atoms with Gasteiger partial charge >= 0.3 is 12.0 Å². The van der Waals surface area contributed by atoms with Gasteiger partial charge in [0.1, 0.15) is 11.6 Å². The first kappa shape index (κ1) is 14.4. The topological polar surface area (TPSA) is 82.5 Å². The van der Waals surface area contributed by atoms with Crippen LogP contribution in [0.4, 0.5) is 4.79 Å². The summed E-state index contributed by atoms with van der Waals surface area (Å²) < 4.78 is 0. The lowest BCUT2D eigenvalue weighted by Crippen LogP contribution is -2.47. The molecule has 0 aliphatic heterocycles. The maximum Gasteiger partial charge on any atom is 0.323 e. The summed E-state index contributed by atoms with van der Waals surface area (Å²) in [5.74, 6) is -1.01. The van der Waals surface area contributed by atoms with Gasteiger partial charge in [-0.3, -0.25) is 4.79 Å².